The third-order valence-corrected chi connectivity index (χ3v) is 4.39. The summed E-state index contributed by atoms with van der Waals surface area (Å²) in [6.07, 6.45) is 5.70. The van der Waals surface area contributed by atoms with Crippen LogP contribution in [-0.4, -0.2) is 54.3 Å². The first kappa shape index (κ1) is 20.1. The average Bonchev–Trinajstić information content (AvgIpc) is 2.59. The van der Waals surface area contributed by atoms with E-state index in [0.717, 1.165) is 0 Å². The molecule has 0 fully saturated rings. The van der Waals surface area contributed by atoms with Gasteiger partial charge in [0.05, 0.1) is 24.7 Å². The van der Waals surface area contributed by atoms with Crippen LogP contribution < -0.4 is 10.0 Å². The van der Waals surface area contributed by atoms with Gasteiger partial charge in [-0.15, -0.1) is 6.42 Å². The van der Waals surface area contributed by atoms with E-state index in [9.17, 15) is 13.2 Å². The lowest BCUT2D eigenvalue weighted by Gasteiger charge is -2.07. The minimum Gasteiger partial charge on any atom is -0.382 e. The van der Waals surface area contributed by atoms with E-state index in [1.54, 1.807) is 7.11 Å². The number of hydrogen-bond acceptors (Lipinski definition) is 5. The number of rotatable bonds is 11. The molecule has 1 aromatic rings. The monoisotopic (exact) mass is 354 g/mol. The highest BCUT2D eigenvalue weighted by molar-refractivity contribution is 7.89. The van der Waals surface area contributed by atoms with Crippen molar-refractivity contribution in [2.75, 3.05) is 40.0 Å². The molecule has 24 heavy (non-hydrogen) atoms. The van der Waals surface area contributed by atoms with Gasteiger partial charge in [0.15, 0.2) is 0 Å². The van der Waals surface area contributed by atoms with Crippen LogP contribution in [0.2, 0.25) is 0 Å². The summed E-state index contributed by atoms with van der Waals surface area (Å²) in [5, 5.41) is 2.74. The second kappa shape index (κ2) is 10.8. The molecule has 1 amide bonds. The summed E-state index contributed by atoms with van der Waals surface area (Å²) >= 11 is 0. The van der Waals surface area contributed by atoms with Gasteiger partial charge in [0.2, 0.25) is 10.0 Å². The minimum absolute atomic E-state index is 0.0563. The molecule has 0 unspecified atom stereocenters. The van der Waals surface area contributed by atoms with Crippen LogP contribution in [-0.2, 0) is 19.5 Å². The number of benzene rings is 1. The quantitative estimate of drug-likeness (QED) is 0.443. The van der Waals surface area contributed by atoms with Crippen LogP contribution >= 0.6 is 0 Å². The molecule has 0 saturated carbocycles. The third kappa shape index (κ3) is 7.10. The van der Waals surface area contributed by atoms with Crippen molar-refractivity contribution in [3.05, 3.63) is 29.8 Å². The summed E-state index contributed by atoms with van der Waals surface area (Å²) < 4.78 is 36.1. The second-order valence-corrected chi connectivity index (χ2v) is 6.53. The fourth-order valence-corrected chi connectivity index (χ4v) is 2.66. The number of nitrogens with one attached hydrogen (secondary N) is 2. The Labute approximate surface area is 142 Å². The van der Waals surface area contributed by atoms with Crippen LogP contribution in [0.3, 0.4) is 0 Å². The first-order valence-electron chi connectivity index (χ1n) is 7.39. The fraction of sp³-hybridized carbons (Fsp3) is 0.438. The summed E-state index contributed by atoms with van der Waals surface area (Å²) in [6.45, 7) is 1.97. The molecule has 0 aliphatic heterocycles. The van der Waals surface area contributed by atoms with Gasteiger partial charge in [0.1, 0.15) is 0 Å². The molecule has 2 N–H and O–H groups in total. The van der Waals surface area contributed by atoms with E-state index in [1.807, 2.05) is 0 Å². The number of methoxy groups -OCH3 is 1. The highest BCUT2D eigenvalue weighted by atomic mass is 32.2. The zero-order chi connectivity index (χ0) is 17.8. The van der Waals surface area contributed by atoms with E-state index < -0.39 is 10.0 Å². The molecule has 0 aliphatic carbocycles. The zero-order valence-corrected chi connectivity index (χ0v) is 14.4. The van der Waals surface area contributed by atoms with Crippen molar-refractivity contribution < 1.29 is 22.7 Å². The summed E-state index contributed by atoms with van der Waals surface area (Å²) in [6, 6.07) is 5.63. The van der Waals surface area contributed by atoms with Gasteiger partial charge in [-0.2, -0.15) is 4.72 Å². The average molecular weight is 354 g/mol. The minimum atomic E-state index is -3.65. The topological polar surface area (TPSA) is 93.7 Å². The molecule has 0 aromatic heterocycles. The van der Waals surface area contributed by atoms with Gasteiger partial charge in [-0.3, -0.25) is 4.79 Å². The van der Waals surface area contributed by atoms with Crippen LogP contribution in [0.25, 0.3) is 0 Å². The van der Waals surface area contributed by atoms with Crippen LogP contribution in [0.15, 0.2) is 29.2 Å². The molecule has 0 spiro atoms. The van der Waals surface area contributed by atoms with E-state index in [0.29, 0.717) is 38.3 Å². The van der Waals surface area contributed by atoms with Gasteiger partial charge in [0.25, 0.3) is 5.91 Å². The molecule has 1 aromatic carbocycles. The molecule has 132 valence electrons. The van der Waals surface area contributed by atoms with E-state index in [2.05, 4.69) is 16.0 Å². The highest BCUT2D eigenvalue weighted by Crippen LogP contribution is 2.10. The van der Waals surface area contributed by atoms with Crippen LogP contribution in [0.5, 0.6) is 0 Å². The molecule has 1 rings (SSSR count). The maximum atomic E-state index is 11.9. The number of hydrogen-bond donors (Lipinski definition) is 2. The van der Waals surface area contributed by atoms with Crippen molar-refractivity contribution >= 4 is 15.9 Å². The first-order chi connectivity index (χ1) is 11.5. The summed E-state index contributed by atoms with van der Waals surface area (Å²) in [5.41, 5.74) is 0.381. The molecular formula is C16H22N2O5S. The molecular weight excluding hydrogens is 332 g/mol. The number of terminal acetylenes is 1. The van der Waals surface area contributed by atoms with Gasteiger partial charge >= 0.3 is 0 Å². The van der Waals surface area contributed by atoms with Crippen molar-refractivity contribution in [2.45, 2.75) is 11.3 Å². The molecule has 7 nitrogen and oxygen atoms in total. The Morgan fingerprint density at radius 3 is 2.54 bits per heavy atom. The largest absolute Gasteiger partial charge is 0.382 e. The first-order valence-corrected chi connectivity index (χ1v) is 8.87. The number of ether oxygens (including phenoxy) is 2. The standard InChI is InChI=1S/C16H22N2O5S/c1-3-9-18-24(20,21)15-7-5-14(6-8-15)16(19)17-10-4-11-23-13-12-22-2/h1,5-8,18H,4,9-13H2,2H3,(H,17,19). The lowest BCUT2D eigenvalue weighted by Crippen LogP contribution is -2.26. The Hall–Kier alpha value is -1.92. The fourth-order valence-electron chi connectivity index (χ4n) is 1.73. The number of carbonyl (C=O) groups is 1. The smallest absolute Gasteiger partial charge is 0.251 e. The van der Waals surface area contributed by atoms with E-state index in [4.69, 9.17) is 15.9 Å². The zero-order valence-electron chi connectivity index (χ0n) is 13.6. The van der Waals surface area contributed by atoms with Crippen molar-refractivity contribution in [1.82, 2.24) is 10.0 Å². The molecule has 0 aliphatic rings. The molecule has 0 saturated heterocycles. The van der Waals surface area contributed by atoms with Crippen molar-refractivity contribution in [3.8, 4) is 12.3 Å². The predicted molar refractivity (Wildman–Crippen MR) is 90.1 cm³/mol. The number of sulfonamides is 1. The Bertz CT molecular complexity index is 650. The van der Waals surface area contributed by atoms with Gasteiger partial charge in [0, 0.05) is 25.8 Å². The van der Waals surface area contributed by atoms with Gasteiger partial charge in [-0.05, 0) is 30.7 Å². The number of amides is 1. The Morgan fingerprint density at radius 2 is 1.92 bits per heavy atom. The molecule has 0 bridgehead atoms. The SMILES string of the molecule is C#CCNS(=O)(=O)c1ccc(C(=O)NCCCOCCOC)cc1. The summed E-state index contributed by atoms with van der Waals surface area (Å²) in [5.74, 6) is 1.93. The Balaban J connectivity index is 2.43. The van der Waals surface area contributed by atoms with Gasteiger partial charge < -0.3 is 14.8 Å². The lowest BCUT2D eigenvalue weighted by molar-refractivity contribution is 0.0688. The molecule has 0 atom stereocenters. The van der Waals surface area contributed by atoms with Crippen molar-refractivity contribution in [3.63, 3.8) is 0 Å². The summed E-state index contributed by atoms with van der Waals surface area (Å²) in [7, 11) is -2.05. The Morgan fingerprint density at radius 1 is 1.21 bits per heavy atom. The third-order valence-electron chi connectivity index (χ3n) is 2.97. The maximum Gasteiger partial charge on any atom is 0.251 e. The van der Waals surface area contributed by atoms with Crippen LogP contribution in [0.4, 0.5) is 0 Å². The molecule has 8 heteroatoms. The van der Waals surface area contributed by atoms with E-state index in [-0.39, 0.29) is 17.3 Å². The highest BCUT2D eigenvalue weighted by Gasteiger charge is 2.13. The van der Waals surface area contributed by atoms with Crippen molar-refractivity contribution in [1.29, 1.82) is 0 Å². The van der Waals surface area contributed by atoms with Gasteiger partial charge in [-0.1, -0.05) is 5.92 Å². The lowest BCUT2D eigenvalue weighted by atomic mass is 10.2. The van der Waals surface area contributed by atoms with Gasteiger partial charge in [-0.25, -0.2) is 8.42 Å². The maximum absolute atomic E-state index is 11.9. The summed E-state index contributed by atoms with van der Waals surface area (Å²) in [4.78, 5) is 12.0. The number of carbonyl (C=O) groups excluding carboxylic acids is 1. The predicted octanol–water partition coefficient (Wildman–Crippen LogP) is 0.381. The second-order valence-electron chi connectivity index (χ2n) is 4.77. The molecule has 0 heterocycles. The van der Waals surface area contributed by atoms with Crippen molar-refractivity contribution in [2.24, 2.45) is 0 Å². The Kier molecular flexibility index (Phi) is 9.04. The van der Waals surface area contributed by atoms with E-state index >= 15 is 0 Å². The van der Waals surface area contributed by atoms with Crippen LogP contribution in [0, 0.1) is 12.3 Å². The van der Waals surface area contributed by atoms with Crippen LogP contribution in [0.1, 0.15) is 16.8 Å². The van der Waals surface area contributed by atoms with E-state index in [1.165, 1.54) is 24.3 Å². The molecule has 0 radical (unpaired) electrons. The normalized spacial score (nSPS) is 11.0.